The summed E-state index contributed by atoms with van der Waals surface area (Å²) in [5, 5.41) is 3.53. The van der Waals surface area contributed by atoms with Crippen molar-refractivity contribution in [1.82, 2.24) is 10.2 Å². The Morgan fingerprint density at radius 3 is 2.63 bits per heavy atom. The Hall–Kier alpha value is -0.860. The van der Waals surface area contributed by atoms with Gasteiger partial charge >= 0.3 is 0 Å². The molecule has 0 saturated carbocycles. The van der Waals surface area contributed by atoms with Crippen molar-refractivity contribution < 1.29 is 0 Å². The number of piperidine rings is 1. The second-order valence-corrected chi connectivity index (χ2v) is 6.19. The summed E-state index contributed by atoms with van der Waals surface area (Å²) in [5.41, 5.74) is 1.44. The van der Waals surface area contributed by atoms with Crippen LogP contribution in [-0.4, -0.2) is 30.6 Å². The third-order valence-electron chi connectivity index (χ3n) is 4.21. The quantitative estimate of drug-likeness (QED) is 0.874. The molecule has 1 N–H and O–H groups in total. The Balaban J connectivity index is 2.06. The molecule has 0 amide bonds. The lowest BCUT2D eigenvalue weighted by Gasteiger charge is -2.42. The van der Waals surface area contributed by atoms with E-state index in [1.165, 1.54) is 31.4 Å². The maximum absolute atomic E-state index is 3.53. The summed E-state index contributed by atoms with van der Waals surface area (Å²) in [6.07, 6.45) is 3.92. The van der Waals surface area contributed by atoms with E-state index in [0.717, 1.165) is 12.5 Å². The molecule has 106 valence electrons. The van der Waals surface area contributed by atoms with Crippen molar-refractivity contribution >= 4 is 0 Å². The second kappa shape index (κ2) is 7.06. The van der Waals surface area contributed by atoms with Gasteiger partial charge in [0.05, 0.1) is 0 Å². The van der Waals surface area contributed by atoms with Crippen LogP contribution in [0, 0.1) is 5.92 Å². The molecule has 1 heterocycles. The van der Waals surface area contributed by atoms with Gasteiger partial charge in [0.15, 0.2) is 0 Å². The van der Waals surface area contributed by atoms with Crippen LogP contribution in [-0.2, 0) is 6.54 Å². The molecule has 0 spiro atoms. The molecule has 1 aliphatic rings. The molecule has 2 atom stereocenters. The number of nitrogens with zero attached hydrogens (tertiary/aromatic N) is 1. The van der Waals surface area contributed by atoms with E-state index in [0.29, 0.717) is 12.1 Å². The van der Waals surface area contributed by atoms with Crippen LogP contribution < -0.4 is 5.32 Å². The molecule has 1 aromatic rings. The van der Waals surface area contributed by atoms with Crippen molar-refractivity contribution in [2.75, 3.05) is 13.6 Å². The first kappa shape index (κ1) is 14.5. The van der Waals surface area contributed by atoms with Crippen LogP contribution in [0.5, 0.6) is 0 Å². The van der Waals surface area contributed by atoms with Crippen LogP contribution in [0.3, 0.4) is 0 Å². The topological polar surface area (TPSA) is 15.3 Å². The molecule has 2 heteroatoms. The van der Waals surface area contributed by atoms with Crippen LogP contribution in [0.1, 0.15) is 38.7 Å². The predicted octanol–water partition coefficient (Wildman–Crippen LogP) is 3.29. The average molecular weight is 260 g/mol. The van der Waals surface area contributed by atoms with Crippen molar-refractivity contribution in [3.63, 3.8) is 0 Å². The van der Waals surface area contributed by atoms with Gasteiger partial charge < -0.3 is 5.32 Å². The Labute approximate surface area is 118 Å². The molecule has 1 saturated heterocycles. The van der Waals surface area contributed by atoms with E-state index in [1.54, 1.807) is 0 Å². The number of hydrogen-bond donors (Lipinski definition) is 1. The minimum Gasteiger partial charge on any atom is -0.315 e. The summed E-state index contributed by atoms with van der Waals surface area (Å²) in [4.78, 5) is 2.68. The molecular formula is C17H28N2. The van der Waals surface area contributed by atoms with Crippen LogP contribution >= 0.6 is 0 Å². The average Bonchev–Trinajstić information content (AvgIpc) is 2.41. The first-order valence-corrected chi connectivity index (χ1v) is 7.66. The summed E-state index contributed by atoms with van der Waals surface area (Å²) < 4.78 is 0. The van der Waals surface area contributed by atoms with Crippen molar-refractivity contribution in [2.45, 2.75) is 51.7 Å². The van der Waals surface area contributed by atoms with Gasteiger partial charge in [-0.1, -0.05) is 44.2 Å². The summed E-state index contributed by atoms with van der Waals surface area (Å²) >= 11 is 0. The number of hydrogen-bond acceptors (Lipinski definition) is 2. The van der Waals surface area contributed by atoms with Gasteiger partial charge in [0.1, 0.15) is 0 Å². The first-order valence-electron chi connectivity index (χ1n) is 7.66. The smallest absolute Gasteiger partial charge is 0.0255 e. The van der Waals surface area contributed by atoms with Gasteiger partial charge in [-0.3, -0.25) is 4.90 Å². The monoisotopic (exact) mass is 260 g/mol. The normalized spacial score (nSPS) is 24.8. The van der Waals surface area contributed by atoms with Gasteiger partial charge in [0.25, 0.3) is 0 Å². The Morgan fingerprint density at radius 2 is 2.00 bits per heavy atom. The number of likely N-dealkylation sites (tertiary alicyclic amines) is 1. The molecule has 2 rings (SSSR count). The van der Waals surface area contributed by atoms with Gasteiger partial charge in [-0.25, -0.2) is 0 Å². The highest BCUT2D eigenvalue weighted by Gasteiger charge is 2.30. The zero-order valence-corrected chi connectivity index (χ0v) is 12.6. The highest BCUT2D eigenvalue weighted by molar-refractivity contribution is 5.15. The maximum Gasteiger partial charge on any atom is 0.0255 e. The fourth-order valence-electron chi connectivity index (χ4n) is 3.27. The van der Waals surface area contributed by atoms with E-state index in [-0.39, 0.29) is 0 Å². The minimum absolute atomic E-state index is 0.653. The van der Waals surface area contributed by atoms with Crippen LogP contribution in [0.4, 0.5) is 0 Å². The molecule has 19 heavy (non-hydrogen) atoms. The lowest BCUT2D eigenvalue weighted by molar-refractivity contribution is 0.0913. The van der Waals surface area contributed by atoms with Gasteiger partial charge in [0.2, 0.25) is 0 Å². The summed E-state index contributed by atoms with van der Waals surface area (Å²) in [7, 11) is 2.12. The molecule has 1 fully saturated rings. The van der Waals surface area contributed by atoms with Crippen LogP contribution in [0.2, 0.25) is 0 Å². The molecule has 0 aromatic heterocycles. The van der Waals surface area contributed by atoms with Crippen molar-refractivity contribution in [3.8, 4) is 0 Å². The lowest BCUT2D eigenvalue weighted by Crippen LogP contribution is -2.53. The fourth-order valence-corrected chi connectivity index (χ4v) is 3.27. The molecule has 2 nitrogen and oxygen atoms in total. The number of rotatable bonds is 5. The minimum atomic E-state index is 0.653. The third kappa shape index (κ3) is 4.05. The van der Waals surface area contributed by atoms with Gasteiger partial charge in [-0.15, -0.1) is 0 Å². The van der Waals surface area contributed by atoms with E-state index < -0.39 is 0 Å². The number of nitrogens with one attached hydrogen (secondary N) is 1. The molecule has 1 aliphatic heterocycles. The van der Waals surface area contributed by atoms with Gasteiger partial charge in [0, 0.05) is 18.6 Å². The predicted molar refractivity (Wildman–Crippen MR) is 82.2 cm³/mol. The molecule has 0 aliphatic carbocycles. The highest BCUT2D eigenvalue weighted by atomic mass is 15.2. The number of likely N-dealkylation sites (N-methyl/N-ethyl adjacent to an activating group) is 1. The summed E-state index contributed by atoms with van der Waals surface area (Å²) in [6.45, 7) is 7.00. The third-order valence-corrected chi connectivity index (χ3v) is 4.21. The Kier molecular flexibility index (Phi) is 5.41. The summed E-state index contributed by atoms with van der Waals surface area (Å²) in [5.74, 6) is 0.761. The molecule has 0 radical (unpaired) electrons. The van der Waals surface area contributed by atoms with E-state index in [2.05, 4.69) is 61.4 Å². The van der Waals surface area contributed by atoms with Crippen LogP contribution in [0.15, 0.2) is 30.3 Å². The van der Waals surface area contributed by atoms with Gasteiger partial charge in [-0.05, 0) is 44.3 Å². The number of benzene rings is 1. The lowest BCUT2D eigenvalue weighted by atomic mass is 9.89. The molecule has 1 aromatic carbocycles. The summed E-state index contributed by atoms with van der Waals surface area (Å²) in [6, 6.07) is 12.2. The Morgan fingerprint density at radius 1 is 1.26 bits per heavy atom. The molecule has 0 bridgehead atoms. The zero-order valence-electron chi connectivity index (χ0n) is 12.6. The van der Waals surface area contributed by atoms with E-state index in [4.69, 9.17) is 0 Å². The highest BCUT2D eigenvalue weighted by Crippen LogP contribution is 2.25. The second-order valence-electron chi connectivity index (χ2n) is 6.19. The van der Waals surface area contributed by atoms with Crippen LogP contribution in [0.25, 0.3) is 0 Å². The van der Waals surface area contributed by atoms with Crippen molar-refractivity contribution in [1.29, 1.82) is 0 Å². The van der Waals surface area contributed by atoms with Crippen molar-refractivity contribution in [3.05, 3.63) is 35.9 Å². The molecular weight excluding hydrogens is 232 g/mol. The maximum atomic E-state index is 3.53. The standard InChI is InChI=1S/C17H28N2/c1-14(2)12-17-16(18-3)10-7-11-19(17)13-15-8-5-4-6-9-15/h4-6,8-9,14,16-18H,7,10-13H2,1-3H3. The first-order chi connectivity index (χ1) is 9.20. The fraction of sp³-hybridized carbons (Fsp3) is 0.647. The van der Waals surface area contributed by atoms with E-state index in [9.17, 15) is 0 Å². The van der Waals surface area contributed by atoms with Crippen molar-refractivity contribution in [2.24, 2.45) is 5.92 Å². The van der Waals surface area contributed by atoms with E-state index >= 15 is 0 Å². The molecule has 2 unspecified atom stereocenters. The largest absolute Gasteiger partial charge is 0.315 e. The zero-order chi connectivity index (χ0) is 13.7. The van der Waals surface area contributed by atoms with E-state index in [1.807, 2.05) is 0 Å². The Bertz CT molecular complexity index is 361. The SMILES string of the molecule is CNC1CCCN(Cc2ccccc2)C1CC(C)C. The van der Waals surface area contributed by atoms with Gasteiger partial charge in [-0.2, -0.15) is 0 Å².